The number of imidazole rings is 2. The first-order valence-electron chi connectivity index (χ1n) is 7.16. The van der Waals surface area contributed by atoms with Gasteiger partial charge >= 0.3 is 11.9 Å². The van der Waals surface area contributed by atoms with E-state index in [0.717, 1.165) is 11.4 Å². The van der Waals surface area contributed by atoms with Crippen LogP contribution in [0.15, 0.2) is 25.0 Å². The monoisotopic (exact) mass is 338 g/mol. The number of likely N-dealkylation sites (N-methyl/N-ethyl adjacent to an activating group) is 1. The topological polar surface area (TPSA) is 159 Å². The lowest BCUT2D eigenvalue weighted by Gasteiger charge is -2.08. The number of H-pyrrole nitrogens is 1. The van der Waals surface area contributed by atoms with E-state index < -0.39 is 24.0 Å². The van der Waals surface area contributed by atoms with Crippen molar-refractivity contribution in [3.8, 4) is 0 Å². The first kappa shape index (κ1) is 19.3. The Morgan fingerprint density at radius 3 is 2.42 bits per heavy atom. The summed E-state index contributed by atoms with van der Waals surface area (Å²) < 4.78 is 1.75. The van der Waals surface area contributed by atoms with Gasteiger partial charge in [-0.2, -0.15) is 0 Å². The molecular weight excluding hydrogens is 316 g/mol. The van der Waals surface area contributed by atoms with E-state index in [1.165, 1.54) is 6.33 Å². The maximum atomic E-state index is 10.6. The summed E-state index contributed by atoms with van der Waals surface area (Å²) in [5.74, 6) is -1.84. The van der Waals surface area contributed by atoms with Gasteiger partial charge in [-0.15, -0.1) is 0 Å². The van der Waals surface area contributed by atoms with E-state index in [9.17, 15) is 9.59 Å². The fraction of sp³-hybridized carbons (Fsp3) is 0.429. The van der Waals surface area contributed by atoms with Gasteiger partial charge in [0, 0.05) is 43.7 Å². The summed E-state index contributed by atoms with van der Waals surface area (Å²) in [6.45, 7) is 0. The molecule has 0 aliphatic carbocycles. The van der Waals surface area contributed by atoms with Crippen LogP contribution in [0.5, 0.6) is 0 Å². The van der Waals surface area contributed by atoms with Crippen LogP contribution in [0.2, 0.25) is 0 Å². The van der Waals surface area contributed by atoms with E-state index in [1.54, 1.807) is 37.4 Å². The zero-order valence-corrected chi connectivity index (χ0v) is 13.5. The molecule has 2 unspecified atom stereocenters. The van der Waals surface area contributed by atoms with Crippen molar-refractivity contribution in [1.29, 1.82) is 0 Å². The number of hydrogen-bond acceptors (Lipinski definition) is 6. The number of nitrogens with two attached hydrogens (primary N) is 1. The number of nitrogens with one attached hydrogen (secondary N) is 2. The minimum atomic E-state index is -0.990. The fourth-order valence-corrected chi connectivity index (χ4v) is 1.82. The molecule has 2 rings (SSSR count). The van der Waals surface area contributed by atoms with E-state index in [4.69, 9.17) is 15.9 Å². The highest BCUT2D eigenvalue weighted by atomic mass is 16.4. The number of aromatic nitrogens is 4. The molecule has 0 amide bonds. The normalized spacial score (nSPS) is 12.8. The van der Waals surface area contributed by atoms with E-state index in [1.807, 2.05) is 0 Å². The second-order valence-corrected chi connectivity index (χ2v) is 5.11. The van der Waals surface area contributed by atoms with E-state index in [2.05, 4.69) is 20.3 Å². The van der Waals surface area contributed by atoms with E-state index in [0.29, 0.717) is 12.8 Å². The number of aromatic amines is 1. The molecule has 132 valence electrons. The van der Waals surface area contributed by atoms with E-state index in [-0.39, 0.29) is 0 Å². The van der Waals surface area contributed by atoms with Crippen LogP contribution < -0.4 is 11.1 Å². The predicted molar refractivity (Wildman–Crippen MR) is 85.3 cm³/mol. The molecule has 0 aliphatic heterocycles. The molecule has 0 saturated heterocycles. The van der Waals surface area contributed by atoms with Crippen LogP contribution in [0.4, 0.5) is 0 Å². The van der Waals surface area contributed by atoms with Crippen LogP contribution in [0, 0.1) is 0 Å². The van der Waals surface area contributed by atoms with Crippen molar-refractivity contribution in [3.63, 3.8) is 0 Å². The fourth-order valence-electron chi connectivity index (χ4n) is 1.82. The minimum absolute atomic E-state index is 0.311. The summed E-state index contributed by atoms with van der Waals surface area (Å²) >= 11 is 0. The molecule has 2 heterocycles. The second-order valence-electron chi connectivity index (χ2n) is 5.11. The van der Waals surface area contributed by atoms with Crippen LogP contribution in [0.3, 0.4) is 0 Å². The number of carboxylic acid groups (broad SMARTS) is 2. The number of nitrogens with zero attached hydrogens (tertiary/aromatic N) is 3. The summed E-state index contributed by atoms with van der Waals surface area (Å²) in [6.07, 6.45) is 7.11. The third-order valence-electron chi connectivity index (χ3n) is 3.29. The zero-order chi connectivity index (χ0) is 18.1. The van der Waals surface area contributed by atoms with Crippen molar-refractivity contribution >= 4 is 11.9 Å². The molecule has 0 spiro atoms. The molecule has 0 bridgehead atoms. The number of hydrogen-bond donors (Lipinski definition) is 5. The molecule has 2 aromatic heterocycles. The summed E-state index contributed by atoms with van der Waals surface area (Å²) in [5.41, 5.74) is 6.98. The molecule has 10 heteroatoms. The van der Waals surface area contributed by atoms with Crippen molar-refractivity contribution in [3.05, 3.63) is 36.4 Å². The molecule has 24 heavy (non-hydrogen) atoms. The summed E-state index contributed by atoms with van der Waals surface area (Å²) in [5, 5.41) is 19.9. The molecule has 0 radical (unpaired) electrons. The Balaban J connectivity index is 0.000000240. The van der Waals surface area contributed by atoms with Crippen molar-refractivity contribution in [2.45, 2.75) is 24.9 Å². The van der Waals surface area contributed by atoms with Gasteiger partial charge in [-0.25, -0.2) is 9.97 Å². The first-order chi connectivity index (χ1) is 11.3. The Kier molecular flexibility index (Phi) is 7.59. The number of aryl methyl sites for hydroxylation is 1. The summed E-state index contributed by atoms with van der Waals surface area (Å²) in [6, 6.07) is -1.40. The number of carbonyl (C=O) groups is 2. The highest BCUT2D eigenvalue weighted by Gasteiger charge is 2.15. The van der Waals surface area contributed by atoms with Crippen molar-refractivity contribution in [1.82, 2.24) is 24.8 Å². The second kappa shape index (κ2) is 9.43. The zero-order valence-electron chi connectivity index (χ0n) is 13.5. The smallest absolute Gasteiger partial charge is 0.321 e. The highest BCUT2D eigenvalue weighted by Crippen LogP contribution is 2.00. The van der Waals surface area contributed by atoms with Gasteiger partial charge < -0.3 is 30.8 Å². The lowest BCUT2D eigenvalue weighted by atomic mass is 10.2. The van der Waals surface area contributed by atoms with Crippen LogP contribution in [0.25, 0.3) is 0 Å². The average molecular weight is 338 g/mol. The first-order valence-corrected chi connectivity index (χ1v) is 7.16. The van der Waals surface area contributed by atoms with Crippen molar-refractivity contribution in [2.75, 3.05) is 7.05 Å². The summed E-state index contributed by atoms with van der Waals surface area (Å²) in [4.78, 5) is 31.4. The van der Waals surface area contributed by atoms with Gasteiger partial charge in [-0.1, -0.05) is 0 Å². The Morgan fingerprint density at radius 1 is 1.29 bits per heavy atom. The minimum Gasteiger partial charge on any atom is -0.480 e. The Morgan fingerprint density at radius 2 is 2.00 bits per heavy atom. The van der Waals surface area contributed by atoms with Gasteiger partial charge in [0.25, 0.3) is 0 Å². The lowest BCUT2D eigenvalue weighted by molar-refractivity contribution is -0.139. The maximum absolute atomic E-state index is 10.6. The van der Waals surface area contributed by atoms with Gasteiger partial charge in [0.05, 0.1) is 12.7 Å². The maximum Gasteiger partial charge on any atom is 0.321 e. The Hall–Kier alpha value is -2.72. The summed E-state index contributed by atoms with van der Waals surface area (Å²) in [7, 11) is 3.42. The van der Waals surface area contributed by atoms with Crippen molar-refractivity contribution in [2.24, 2.45) is 12.8 Å². The third kappa shape index (κ3) is 6.18. The molecule has 0 aliphatic rings. The lowest BCUT2D eigenvalue weighted by Crippen LogP contribution is -2.35. The number of aliphatic carboxylic acids is 2. The molecule has 0 aromatic carbocycles. The quantitative estimate of drug-likeness (QED) is 0.430. The molecule has 2 aromatic rings. The van der Waals surface area contributed by atoms with Gasteiger partial charge in [0.2, 0.25) is 0 Å². The third-order valence-corrected chi connectivity index (χ3v) is 3.29. The predicted octanol–water partition coefficient (Wildman–Crippen LogP) is -1.00. The highest BCUT2D eigenvalue weighted by molar-refractivity contribution is 5.73. The molecule has 10 nitrogen and oxygen atoms in total. The average Bonchev–Trinajstić information content (AvgIpc) is 3.17. The van der Waals surface area contributed by atoms with Gasteiger partial charge in [-0.05, 0) is 7.05 Å². The van der Waals surface area contributed by atoms with Crippen molar-refractivity contribution < 1.29 is 19.8 Å². The van der Waals surface area contributed by atoms with Crippen LogP contribution >= 0.6 is 0 Å². The van der Waals surface area contributed by atoms with Gasteiger partial charge in [0.1, 0.15) is 12.1 Å². The Bertz CT molecular complexity index is 639. The standard InChI is InChI=1S/2C7H11N3O2/c1-10-4-9-3-5(10)2-6(8)7(11)12;1-8-6(7(11)12)2-5-3-9-4-10-5/h3-4,6H,2,8H2,1H3,(H,11,12);3-4,6,8H,2H2,1H3,(H,9,10)(H,11,12). The molecule has 0 fully saturated rings. The molecule has 2 atom stereocenters. The molecule has 0 saturated carbocycles. The number of carboxylic acids is 2. The van der Waals surface area contributed by atoms with Crippen LogP contribution in [-0.2, 0) is 29.5 Å². The molecular formula is C14H22N6O4. The van der Waals surface area contributed by atoms with Crippen LogP contribution in [0.1, 0.15) is 11.4 Å². The van der Waals surface area contributed by atoms with Gasteiger partial charge in [0.15, 0.2) is 0 Å². The SMILES string of the molecule is CNC(Cc1cnc[nH]1)C(=O)O.Cn1cncc1CC(N)C(=O)O. The Labute approximate surface area is 138 Å². The van der Waals surface area contributed by atoms with E-state index >= 15 is 0 Å². The van der Waals surface area contributed by atoms with Crippen LogP contribution in [-0.4, -0.2) is 60.8 Å². The largest absolute Gasteiger partial charge is 0.480 e. The molecule has 6 N–H and O–H groups in total. The van der Waals surface area contributed by atoms with Gasteiger partial charge in [-0.3, -0.25) is 9.59 Å². The number of rotatable bonds is 7.